The molecule has 0 spiro atoms. The standard InChI is InChI=1S/C17H17N3O5S/c1-25-14-7-2-12(3-8-14)4-11-16(21)20-17(22)19-13-5-9-15(10-6-13)26(18,23)24/h2-11H,1H3,(H2,18,23,24)(H2,19,20,21,22)/b11-4+. The number of ether oxygens (including phenoxy) is 1. The van der Waals surface area contributed by atoms with Crippen molar-refractivity contribution in [1.82, 2.24) is 5.32 Å². The monoisotopic (exact) mass is 375 g/mol. The third kappa shape index (κ3) is 5.72. The quantitative estimate of drug-likeness (QED) is 0.686. The number of urea groups is 1. The highest BCUT2D eigenvalue weighted by Crippen LogP contribution is 2.13. The predicted molar refractivity (Wildman–Crippen MR) is 97.0 cm³/mol. The second-order valence-corrected chi connectivity index (χ2v) is 6.68. The summed E-state index contributed by atoms with van der Waals surface area (Å²) < 4.78 is 27.3. The van der Waals surface area contributed by atoms with Gasteiger partial charge in [0.1, 0.15) is 5.75 Å². The minimum Gasteiger partial charge on any atom is -0.497 e. The Labute approximate surface area is 150 Å². The first-order valence-corrected chi connectivity index (χ1v) is 8.89. The van der Waals surface area contributed by atoms with E-state index in [0.29, 0.717) is 11.4 Å². The van der Waals surface area contributed by atoms with Crippen LogP contribution in [0.4, 0.5) is 10.5 Å². The smallest absolute Gasteiger partial charge is 0.326 e. The highest BCUT2D eigenvalue weighted by atomic mass is 32.2. The van der Waals surface area contributed by atoms with Crippen molar-refractivity contribution >= 4 is 33.7 Å². The normalized spacial score (nSPS) is 11.2. The third-order valence-electron chi connectivity index (χ3n) is 3.22. The number of primary sulfonamides is 1. The molecular weight excluding hydrogens is 358 g/mol. The lowest BCUT2D eigenvalue weighted by molar-refractivity contribution is -0.115. The number of rotatable bonds is 5. The summed E-state index contributed by atoms with van der Waals surface area (Å²) in [6.45, 7) is 0. The first kappa shape index (κ1) is 19.2. The van der Waals surface area contributed by atoms with E-state index in [2.05, 4.69) is 10.6 Å². The van der Waals surface area contributed by atoms with Crippen LogP contribution in [-0.2, 0) is 14.8 Å². The average molecular weight is 375 g/mol. The van der Waals surface area contributed by atoms with E-state index >= 15 is 0 Å². The van der Waals surface area contributed by atoms with Gasteiger partial charge in [0.15, 0.2) is 0 Å². The molecule has 9 heteroatoms. The molecular formula is C17H17N3O5S. The zero-order valence-corrected chi connectivity index (χ0v) is 14.6. The predicted octanol–water partition coefficient (Wildman–Crippen LogP) is 1.70. The highest BCUT2D eigenvalue weighted by Gasteiger charge is 2.09. The molecule has 0 atom stereocenters. The van der Waals surface area contributed by atoms with Crippen molar-refractivity contribution in [3.05, 3.63) is 60.2 Å². The van der Waals surface area contributed by atoms with E-state index in [0.717, 1.165) is 5.56 Å². The van der Waals surface area contributed by atoms with Crippen molar-refractivity contribution in [2.75, 3.05) is 12.4 Å². The molecule has 0 unspecified atom stereocenters. The van der Waals surface area contributed by atoms with Crippen LogP contribution in [-0.4, -0.2) is 27.5 Å². The van der Waals surface area contributed by atoms with Crippen LogP contribution in [0.25, 0.3) is 6.08 Å². The van der Waals surface area contributed by atoms with Gasteiger partial charge in [-0.25, -0.2) is 18.4 Å². The summed E-state index contributed by atoms with van der Waals surface area (Å²) in [6, 6.07) is 11.5. The van der Waals surface area contributed by atoms with Crippen molar-refractivity contribution in [2.45, 2.75) is 4.90 Å². The second kappa shape index (κ2) is 8.28. The molecule has 0 aliphatic rings. The summed E-state index contributed by atoms with van der Waals surface area (Å²) in [7, 11) is -2.25. The van der Waals surface area contributed by atoms with Gasteiger partial charge in [0.05, 0.1) is 12.0 Å². The molecule has 8 nitrogen and oxygen atoms in total. The van der Waals surface area contributed by atoms with Gasteiger partial charge in [0, 0.05) is 11.8 Å². The minimum absolute atomic E-state index is 0.0815. The Bertz CT molecular complexity index is 920. The fourth-order valence-corrected chi connectivity index (χ4v) is 2.45. The molecule has 26 heavy (non-hydrogen) atoms. The van der Waals surface area contributed by atoms with Crippen LogP contribution in [0.5, 0.6) is 5.75 Å². The number of amides is 3. The Hall–Kier alpha value is -3.17. The molecule has 0 fully saturated rings. The summed E-state index contributed by atoms with van der Waals surface area (Å²) in [5.41, 5.74) is 1.07. The summed E-state index contributed by atoms with van der Waals surface area (Å²) in [5.74, 6) is 0.0823. The lowest BCUT2D eigenvalue weighted by atomic mass is 10.2. The number of nitrogens with two attached hydrogens (primary N) is 1. The van der Waals surface area contributed by atoms with E-state index in [4.69, 9.17) is 9.88 Å². The Kier molecular flexibility index (Phi) is 6.10. The van der Waals surface area contributed by atoms with Gasteiger partial charge < -0.3 is 10.1 Å². The lowest BCUT2D eigenvalue weighted by Crippen LogP contribution is -2.33. The van der Waals surface area contributed by atoms with Gasteiger partial charge in [-0.1, -0.05) is 12.1 Å². The Morgan fingerprint density at radius 2 is 1.65 bits per heavy atom. The fraction of sp³-hybridized carbons (Fsp3) is 0.0588. The molecule has 0 radical (unpaired) electrons. The maximum absolute atomic E-state index is 11.8. The molecule has 2 rings (SSSR count). The van der Waals surface area contributed by atoms with Crippen LogP contribution in [0.2, 0.25) is 0 Å². The number of imide groups is 1. The fourth-order valence-electron chi connectivity index (χ4n) is 1.93. The largest absolute Gasteiger partial charge is 0.497 e. The number of benzene rings is 2. The summed E-state index contributed by atoms with van der Waals surface area (Å²) in [4.78, 5) is 23.4. The number of nitrogens with one attached hydrogen (secondary N) is 2. The maximum Gasteiger partial charge on any atom is 0.326 e. The molecule has 0 bridgehead atoms. The van der Waals surface area contributed by atoms with Gasteiger partial charge in [-0.05, 0) is 48.0 Å². The Morgan fingerprint density at radius 1 is 1.04 bits per heavy atom. The van der Waals surface area contributed by atoms with Crippen LogP contribution in [0.3, 0.4) is 0 Å². The molecule has 0 saturated carbocycles. The molecule has 3 amide bonds. The van der Waals surface area contributed by atoms with Crippen molar-refractivity contribution in [3.8, 4) is 5.75 Å². The first-order valence-electron chi connectivity index (χ1n) is 7.35. The van der Waals surface area contributed by atoms with E-state index in [-0.39, 0.29) is 4.90 Å². The molecule has 2 aromatic carbocycles. The molecule has 4 N–H and O–H groups in total. The molecule has 0 heterocycles. The zero-order chi connectivity index (χ0) is 19.2. The van der Waals surface area contributed by atoms with Crippen LogP contribution >= 0.6 is 0 Å². The van der Waals surface area contributed by atoms with Crippen molar-refractivity contribution < 1.29 is 22.7 Å². The number of hydrogen-bond donors (Lipinski definition) is 3. The number of methoxy groups -OCH3 is 1. The molecule has 0 aromatic heterocycles. The number of carbonyl (C=O) groups excluding carboxylic acids is 2. The highest BCUT2D eigenvalue weighted by molar-refractivity contribution is 7.89. The van der Waals surface area contributed by atoms with Crippen molar-refractivity contribution in [2.24, 2.45) is 5.14 Å². The zero-order valence-electron chi connectivity index (χ0n) is 13.8. The van der Waals surface area contributed by atoms with Crippen LogP contribution in [0, 0.1) is 0 Å². The number of hydrogen-bond acceptors (Lipinski definition) is 5. The minimum atomic E-state index is -3.80. The van der Waals surface area contributed by atoms with Crippen LogP contribution in [0.1, 0.15) is 5.56 Å². The van der Waals surface area contributed by atoms with Crippen LogP contribution in [0.15, 0.2) is 59.5 Å². The number of anilines is 1. The summed E-state index contributed by atoms with van der Waals surface area (Å²) in [5, 5.41) is 9.52. The Balaban J connectivity index is 1.90. The molecule has 0 saturated heterocycles. The van der Waals surface area contributed by atoms with E-state index in [1.54, 1.807) is 37.5 Å². The lowest BCUT2D eigenvalue weighted by Gasteiger charge is -2.06. The van der Waals surface area contributed by atoms with E-state index < -0.39 is 22.0 Å². The average Bonchev–Trinajstić information content (AvgIpc) is 2.60. The molecule has 136 valence electrons. The summed E-state index contributed by atoms with van der Waals surface area (Å²) >= 11 is 0. The van der Waals surface area contributed by atoms with Gasteiger partial charge in [0.2, 0.25) is 10.0 Å². The first-order chi connectivity index (χ1) is 12.3. The van der Waals surface area contributed by atoms with E-state index in [9.17, 15) is 18.0 Å². The molecule has 0 aliphatic heterocycles. The van der Waals surface area contributed by atoms with E-state index in [1.165, 1.54) is 30.3 Å². The van der Waals surface area contributed by atoms with Gasteiger partial charge in [-0.3, -0.25) is 10.1 Å². The third-order valence-corrected chi connectivity index (χ3v) is 4.15. The molecule has 0 aliphatic carbocycles. The van der Waals surface area contributed by atoms with Gasteiger partial charge in [-0.2, -0.15) is 0 Å². The SMILES string of the molecule is COc1ccc(/C=C/C(=O)NC(=O)Nc2ccc(S(N)(=O)=O)cc2)cc1. The number of carbonyl (C=O) groups is 2. The second-order valence-electron chi connectivity index (χ2n) is 5.12. The van der Waals surface area contributed by atoms with Crippen molar-refractivity contribution in [3.63, 3.8) is 0 Å². The topological polar surface area (TPSA) is 128 Å². The number of sulfonamides is 1. The van der Waals surface area contributed by atoms with Crippen molar-refractivity contribution in [1.29, 1.82) is 0 Å². The Morgan fingerprint density at radius 3 is 2.19 bits per heavy atom. The van der Waals surface area contributed by atoms with Crippen LogP contribution < -0.4 is 20.5 Å². The van der Waals surface area contributed by atoms with Gasteiger partial charge >= 0.3 is 6.03 Å². The van der Waals surface area contributed by atoms with Gasteiger partial charge in [0.25, 0.3) is 5.91 Å². The summed E-state index contributed by atoms with van der Waals surface area (Å²) in [6.07, 6.45) is 2.76. The molecule has 2 aromatic rings. The maximum atomic E-state index is 11.8. The van der Waals surface area contributed by atoms with Gasteiger partial charge in [-0.15, -0.1) is 0 Å². The van der Waals surface area contributed by atoms with E-state index in [1.807, 2.05) is 0 Å².